The van der Waals surface area contributed by atoms with Crippen LogP contribution in [0, 0.1) is 11.8 Å². The zero-order valence-electron chi connectivity index (χ0n) is 25.6. The van der Waals surface area contributed by atoms with Crippen molar-refractivity contribution in [3.63, 3.8) is 0 Å². The molecule has 0 unspecified atom stereocenters. The molecule has 47 heavy (non-hydrogen) atoms. The van der Waals surface area contributed by atoms with Crippen LogP contribution >= 0.6 is 0 Å². The summed E-state index contributed by atoms with van der Waals surface area (Å²) in [5.41, 5.74) is 1.48. The number of benzene rings is 1. The van der Waals surface area contributed by atoms with E-state index in [0.717, 1.165) is 54.6 Å². The highest BCUT2D eigenvalue weighted by molar-refractivity contribution is 5.78. The number of hydrogen-bond donors (Lipinski definition) is 3. The molecule has 262 valence electrons. The van der Waals surface area contributed by atoms with Gasteiger partial charge in [-0.3, -0.25) is 0 Å². The lowest BCUT2D eigenvalue weighted by Gasteiger charge is -2.38. The maximum atomic E-state index is 13.9. The molecule has 1 aliphatic carbocycles. The minimum atomic E-state index is -5.11. The zero-order chi connectivity index (χ0) is 34.7. The normalized spacial score (nSPS) is 21.3. The summed E-state index contributed by atoms with van der Waals surface area (Å²) in [5, 5.41) is 13.9. The summed E-state index contributed by atoms with van der Waals surface area (Å²) in [7, 11) is 1.26. The fourth-order valence-electron chi connectivity index (χ4n) is 6.60. The summed E-state index contributed by atoms with van der Waals surface area (Å²) in [4.78, 5) is 7.23. The van der Waals surface area contributed by atoms with Crippen LogP contribution in [-0.2, 0) is 31.6 Å². The van der Waals surface area contributed by atoms with Gasteiger partial charge in [0, 0.05) is 51.1 Å². The third-order valence-corrected chi connectivity index (χ3v) is 8.78. The van der Waals surface area contributed by atoms with Crippen LogP contribution in [0.2, 0.25) is 0 Å². The minimum absolute atomic E-state index is 0.0153. The number of aliphatic hydroxyl groups excluding tert-OH is 1. The molecule has 2 fully saturated rings. The van der Waals surface area contributed by atoms with Gasteiger partial charge in [-0.2, -0.15) is 39.5 Å². The van der Waals surface area contributed by atoms with Crippen molar-refractivity contribution in [3.8, 4) is 0 Å². The smallest absolute Gasteiger partial charge is 0.396 e. The molecule has 1 aromatic carbocycles. The second kappa shape index (κ2) is 14.3. The average molecular weight is 684 g/mol. The lowest BCUT2D eigenvalue weighted by Crippen LogP contribution is -2.41. The summed E-state index contributed by atoms with van der Waals surface area (Å²) in [6.07, 6.45) is -8.52. The number of aromatic nitrogens is 1. The van der Waals surface area contributed by atoms with Crippen molar-refractivity contribution in [2.75, 3.05) is 25.1 Å². The summed E-state index contributed by atoms with van der Waals surface area (Å²) >= 11 is 0. The van der Waals surface area contributed by atoms with Gasteiger partial charge < -0.3 is 20.6 Å². The number of hydrazine groups is 1. The van der Waals surface area contributed by atoms with Crippen LogP contribution in [0.15, 0.2) is 35.6 Å². The first-order chi connectivity index (χ1) is 21.9. The van der Waals surface area contributed by atoms with Crippen LogP contribution in [0.3, 0.4) is 0 Å². The first kappa shape index (κ1) is 36.4. The van der Waals surface area contributed by atoms with Gasteiger partial charge in [0.05, 0.1) is 16.7 Å². The van der Waals surface area contributed by atoms with E-state index in [-0.39, 0.29) is 36.0 Å². The summed E-state index contributed by atoms with van der Waals surface area (Å²) in [5.74, 6) is 5.97. The molecule has 17 heteroatoms. The molecular formula is C30H38F9N7O. The maximum Gasteiger partial charge on any atom is 0.417 e. The number of hydrogen-bond acceptors (Lipinski definition) is 6. The molecule has 2 heterocycles. The second-order valence-corrected chi connectivity index (χ2v) is 12.2. The van der Waals surface area contributed by atoms with Gasteiger partial charge in [-0.25, -0.2) is 15.9 Å². The Hall–Kier alpha value is -3.47. The van der Waals surface area contributed by atoms with Crippen molar-refractivity contribution in [1.29, 1.82) is 0 Å². The van der Waals surface area contributed by atoms with Crippen molar-refractivity contribution in [3.05, 3.63) is 58.3 Å². The van der Waals surface area contributed by atoms with Crippen molar-refractivity contribution >= 4 is 11.8 Å². The molecule has 0 spiro atoms. The van der Waals surface area contributed by atoms with E-state index in [2.05, 4.69) is 10.1 Å². The molecule has 1 atom stereocenters. The van der Waals surface area contributed by atoms with Crippen molar-refractivity contribution in [1.82, 2.24) is 15.0 Å². The predicted octanol–water partition coefficient (Wildman–Crippen LogP) is 6.33. The molecule has 0 amide bonds. The van der Waals surface area contributed by atoms with E-state index in [4.69, 9.17) is 11.6 Å². The van der Waals surface area contributed by atoms with Crippen LogP contribution in [0.4, 0.5) is 45.3 Å². The van der Waals surface area contributed by atoms with Gasteiger partial charge in [-0.05, 0) is 73.8 Å². The lowest BCUT2D eigenvalue weighted by atomic mass is 9.77. The van der Waals surface area contributed by atoms with Gasteiger partial charge >= 0.3 is 18.5 Å². The monoisotopic (exact) mass is 683 g/mol. The molecule has 0 bridgehead atoms. The third kappa shape index (κ3) is 9.33. The van der Waals surface area contributed by atoms with Gasteiger partial charge in [-0.1, -0.05) is 12.8 Å². The Kier molecular flexibility index (Phi) is 11.1. The first-order valence-electron chi connectivity index (χ1n) is 15.2. The predicted molar refractivity (Wildman–Crippen MR) is 156 cm³/mol. The van der Waals surface area contributed by atoms with Crippen LogP contribution < -0.4 is 16.5 Å². The number of pyridine rings is 1. The first-order valence-corrected chi connectivity index (χ1v) is 15.2. The minimum Gasteiger partial charge on any atom is -0.396 e. The molecule has 0 radical (unpaired) electrons. The number of halogens is 9. The Morgan fingerprint density at radius 3 is 2.02 bits per heavy atom. The number of aliphatic hydroxyl groups is 1. The molecular weight excluding hydrogens is 645 g/mol. The van der Waals surface area contributed by atoms with Gasteiger partial charge in [0.2, 0.25) is 5.96 Å². The number of guanidine groups is 1. The number of nitrogens with two attached hydrogens (primary N) is 2. The summed E-state index contributed by atoms with van der Waals surface area (Å²) in [6, 6.07) is 1.86. The van der Waals surface area contributed by atoms with Gasteiger partial charge in [0.25, 0.3) is 0 Å². The van der Waals surface area contributed by atoms with Crippen LogP contribution in [0.1, 0.15) is 72.8 Å². The quantitative estimate of drug-likeness (QED) is 0.0933. The Morgan fingerprint density at radius 1 is 0.894 bits per heavy atom. The largest absolute Gasteiger partial charge is 0.417 e. The van der Waals surface area contributed by atoms with E-state index in [1.165, 1.54) is 7.05 Å². The van der Waals surface area contributed by atoms with Crippen molar-refractivity contribution in [2.24, 2.45) is 28.5 Å². The Bertz CT molecular complexity index is 1350. The molecule has 2 aliphatic rings. The fraction of sp³-hybridized carbons (Fsp3) is 0.600. The van der Waals surface area contributed by atoms with Crippen LogP contribution in [0.5, 0.6) is 0 Å². The second-order valence-electron chi connectivity index (χ2n) is 12.2. The average Bonchev–Trinajstić information content (AvgIpc) is 3.45. The Balaban J connectivity index is 1.75. The number of alkyl halides is 9. The molecule has 1 saturated heterocycles. The standard InChI is InChI=1S/C30H38F9N7O/c1-44(41)43-27(40)45(16-19-11-22(28(31,32)33)14-23(12-19)29(34,35)36)17-21-13-24(30(37,38)39)15-42-26(21)46-9-2-3-25(46)20-6-4-18(5-7-20)8-10-47/h11-15,18,20,25,47H,2-10,16-17,41H2,1H3,(H2,40,43)/t18?,20?,25-/m1/s1. The van der Waals surface area contributed by atoms with Crippen molar-refractivity contribution in [2.45, 2.75) is 82.6 Å². The number of hydrazone groups is 1. The molecule has 8 nitrogen and oxygen atoms in total. The Morgan fingerprint density at radius 2 is 1.49 bits per heavy atom. The molecule has 5 N–H and O–H groups in total. The van der Waals surface area contributed by atoms with Crippen molar-refractivity contribution < 1.29 is 44.6 Å². The fourth-order valence-corrected chi connectivity index (χ4v) is 6.60. The van der Waals surface area contributed by atoms with E-state index in [1.54, 1.807) is 0 Å². The van der Waals surface area contributed by atoms with E-state index in [9.17, 15) is 44.6 Å². The van der Waals surface area contributed by atoms with E-state index in [0.29, 0.717) is 37.2 Å². The topological polar surface area (TPSA) is 107 Å². The molecule has 4 rings (SSSR count). The molecule has 2 aromatic rings. The molecule has 1 aliphatic heterocycles. The van der Waals surface area contributed by atoms with Gasteiger partial charge in [-0.15, -0.1) is 5.10 Å². The third-order valence-electron chi connectivity index (χ3n) is 8.78. The van der Waals surface area contributed by atoms with Crippen LogP contribution in [-0.4, -0.2) is 52.3 Å². The number of nitrogens with zero attached hydrogens (tertiary/aromatic N) is 5. The van der Waals surface area contributed by atoms with Gasteiger partial charge in [0.15, 0.2) is 0 Å². The highest BCUT2D eigenvalue weighted by atomic mass is 19.4. The van der Waals surface area contributed by atoms with E-state index >= 15 is 0 Å². The molecule has 1 saturated carbocycles. The van der Waals surface area contributed by atoms with E-state index in [1.807, 2.05) is 4.90 Å². The SMILES string of the molecule is CN(N)/N=C(\N)N(Cc1cc(C(F)(F)F)cc(C(F)(F)F)c1)Cc1cc(C(F)(F)F)cnc1N1CCC[C@@H]1C1CCC(CCO)CC1. The zero-order valence-corrected chi connectivity index (χ0v) is 25.6. The summed E-state index contributed by atoms with van der Waals surface area (Å²) < 4.78 is 123. The number of rotatable bonds is 9. The van der Waals surface area contributed by atoms with Gasteiger partial charge in [0.1, 0.15) is 5.82 Å². The molecule has 1 aromatic heterocycles. The summed E-state index contributed by atoms with van der Waals surface area (Å²) in [6.45, 7) is -0.571. The highest BCUT2D eigenvalue weighted by Crippen LogP contribution is 2.41. The van der Waals surface area contributed by atoms with E-state index < -0.39 is 59.8 Å². The lowest BCUT2D eigenvalue weighted by molar-refractivity contribution is -0.143. The Labute approximate surface area is 266 Å². The van der Waals surface area contributed by atoms with Crippen LogP contribution in [0.25, 0.3) is 0 Å². The maximum absolute atomic E-state index is 13.9. The number of anilines is 1. The highest BCUT2D eigenvalue weighted by Gasteiger charge is 2.39.